The Balaban J connectivity index is 2.84. The van der Waals surface area contributed by atoms with Crippen LogP contribution in [0.3, 0.4) is 0 Å². The molecule has 0 bridgehead atoms. The van der Waals surface area contributed by atoms with Gasteiger partial charge in [0.05, 0.1) is 23.0 Å². The molecule has 2 aromatic heterocycles. The van der Waals surface area contributed by atoms with Gasteiger partial charge in [0.25, 0.3) is 0 Å². The molecule has 0 amide bonds. The molecule has 74 valence electrons. The minimum Gasteiger partial charge on any atom is -0.397 e. The molecule has 0 saturated carbocycles. The smallest absolute Gasteiger partial charge is 0.183 e. The maximum Gasteiger partial charge on any atom is 0.183 e. The van der Waals surface area contributed by atoms with Gasteiger partial charge in [-0.15, -0.1) is 5.10 Å². The Kier molecular flexibility index (Phi) is 1.87. The van der Waals surface area contributed by atoms with Gasteiger partial charge in [-0.25, -0.2) is 4.68 Å². The maximum atomic E-state index is 5.81. The third kappa shape index (κ3) is 1.13. The first kappa shape index (κ1) is 8.93. The van der Waals surface area contributed by atoms with E-state index in [-0.39, 0.29) is 6.04 Å². The van der Waals surface area contributed by atoms with E-state index < -0.39 is 0 Å². The van der Waals surface area contributed by atoms with Gasteiger partial charge in [0.15, 0.2) is 5.65 Å². The lowest BCUT2D eigenvalue weighted by molar-refractivity contribution is 0.541. The minimum absolute atomic E-state index is 0.266. The normalized spacial score (nSPS) is 11.4. The van der Waals surface area contributed by atoms with Gasteiger partial charge in [-0.05, 0) is 20.8 Å². The molecule has 5 heteroatoms. The highest BCUT2D eigenvalue weighted by atomic mass is 15.3. The van der Waals surface area contributed by atoms with Gasteiger partial charge in [-0.3, -0.25) is 0 Å². The number of anilines is 1. The summed E-state index contributed by atoms with van der Waals surface area (Å²) in [5, 5.41) is 13.2. The van der Waals surface area contributed by atoms with Crippen LogP contribution in [0.25, 0.3) is 11.0 Å². The number of rotatable bonds is 1. The molecule has 2 heterocycles. The zero-order chi connectivity index (χ0) is 10.3. The number of nitrogens with two attached hydrogens (primary N) is 1. The second kappa shape index (κ2) is 2.94. The van der Waals surface area contributed by atoms with Crippen LogP contribution < -0.4 is 5.73 Å². The quantitative estimate of drug-likeness (QED) is 0.737. The van der Waals surface area contributed by atoms with Crippen molar-refractivity contribution in [1.29, 1.82) is 0 Å². The molecule has 5 nitrogen and oxygen atoms in total. The first-order valence-electron chi connectivity index (χ1n) is 4.57. The fourth-order valence-electron chi connectivity index (χ4n) is 1.54. The van der Waals surface area contributed by atoms with E-state index in [9.17, 15) is 0 Å². The lowest BCUT2D eigenvalue weighted by Crippen LogP contribution is -2.04. The summed E-state index contributed by atoms with van der Waals surface area (Å²) in [5.41, 5.74) is 8.12. The van der Waals surface area contributed by atoms with E-state index in [0.717, 1.165) is 16.7 Å². The lowest BCUT2D eigenvalue weighted by Gasteiger charge is -2.04. The van der Waals surface area contributed by atoms with E-state index in [4.69, 9.17) is 5.73 Å². The predicted octanol–water partition coefficient (Wildman–Crippen LogP) is 1.30. The van der Waals surface area contributed by atoms with Crippen molar-refractivity contribution in [2.75, 3.05) is 5.73 Å². The molecular weight excluding hydrogens is 178 g/mol. The number of aromatic nitrogens is 4. The molecule has 2 rings (SSSR count). The van der Waals surface area contributed by atoms with Crippen molar-refractivity contribution in [3.05, 3.63) is 11.9 Å². The van der Waals surface area contributed by atoms with Gasteiger partial charge in [0.2, 0.25) is 0 Å². The first-order valence-corrected chi connectivity index (χ1v) is 4.57. The first-order chi connectivity index (χ1) is 6.61. The van der Waals surface area contributed by atoms with E-state index in [0.29, 0.717) is 5.69 Å². The molecule has 2 aromatic rings. The lowest BCUT2D eigenvalue weighted by atomic mass is 10.2. The fourth-order valence-corrected chi connectivity index (χ4v) is 1.54. The van der Waals surface area contributed by atoms with Crippen LogP contribution in [0.4, 0.5) is 5.69 Å². The third-order valence-electron chi connectivity index (χ3n) is 2.19. The molecule has 0 aromatic carbocycles. The Labute approximate surface area is 81.9 Å². The topological polar surface area (TPSA) is 69.6 Å². The summed E-state index contributed by atoms with van der Waals surface area (Å²) in [5.74, 6) is 0. The number of aryl methyl sites for hydroxylation is 1. The molecule has 14 heavy (non-hydrogen) atoms. The molecule has 0 aliphatic heterocycles. The second-order valence-corrected chi connectivity index (χ2v) is 3.62. The monoisotopic (exact) mass is 191 g/mol. The van der Waals surface area contributed by atoms with Crippen LogP contribution in [0.15, 0.2) is 6.20 Å². The molecule has 0 atom stereocenters. The van der Waals surface area contributed by atoms with Gasteiger partial charge in [-0.1, -0.05) is 0 Å². The largest absolute Gasteiger partial charge is 0.397 e. The van der Waals surface area contributed by atoms with Gasteiger partial charge in [0, 0.05) is 6.04 Å². The van der Waals surface area contributed by atoms with Crippen LogP contribution in [0, 0.1) is 6.92 Å². The average molecular weight is 191 g/mol. The Morgan fingerprint density at radius 3 is 2.79 bits per heavy atom. The highest BCUT2D eigenvalue weighted by Gasteiger charge is 2.13. The molecule has 0 radical (unpaired) electrons. The van der Waals surface area contributed by atoms with Crippen LogP contribution in [-0.4, -0.2) is 20.0 Å². The summed E-state index contributed by atoms with van der Waals surface area (Å²) in [4.78, 5) is 0. The molecule has 0 fully saturated rings. The Morgan fingerprint density at radius 1 is 1.43 bits per heavy atom. The summed E-state index contributed by atoms with van der Waals surface area (Å²) in [7, 11) is 0. The van der Waals surface area contributed by atoms with Crippen molar-refractivity contribution >= 4 is 16.7 Å². The maximum absolute atomic E-state index is 5.81. The number of hydrogen-bond acceptors (Lipinski definition) is 4. The zero-order valence-corrected chi connectivity index (χ0v) is 8.52. The molecule has 0 aliphatic carbocycles. The Hall–Kier alpha value is -1.65. The highest BCUT2D eigenvalue weighted by molar-refractivity contribution is 5.89. The SMILES string of the molecule is Cc1nn(C(C)C)c2nncc(N)c12. The van der Waals surface area contributed by atoms with Crippen LogP contribution in [0.1, 0.15) is 25.6 Å². The number of fused-ring (bicyclic) bond motifs is 1. The minimum atomic E-state index is 0.266. The summed E-state index contributed by atoms with van der Waals surface area (Å²) in [6.45, 7) is 6.03. The Morgan fingerprint density at radius 2 is 2.14 bits per heavy atom. The van der Waals surface area contributed by atoms with E-state index in [2.05, 4.69) is 29.1 Å². The molecule has 0 saturated heterocycles. The van der Waals surface area contributed by atoms with Gasteiger partial charge in [-0.2, -0.15) is 10.2 Å². The van der Waals surface area contributed by atoms with Crippen molar-refractivity contribution in [2.45, 2.75) is 26.8 Å². The zero-order valence-electron chi connectivity index (χ0n) is 8.52. The van der Waals surface area contributed by atoms with Gasteiger partial charge < -0.3 is 5.73 Å². The van der Waals surface area contributed by atoms with Crippen molar-refractivity contribution in [3.8, 4) is 0 Å². The number of nitrogens with zero attached hydrogens (tertiary/aromatic N) is 4. The van der Waals surface area contributed by atoms with Crippen LogP contribution in [0.2, 0.25) is 0 Å². The Bertz CT molecular complexity index is 471. The fraction of sp³-hybridized carbons (Fsp3) is 0.444. The van der Waals surface area contributed by atoms with Crippen LogP contribution in [0.5, 0.6) is 0 Å². The number of hydrogen-bond donors (Lipinski definition) is 1. The van der Waals surface area contributed by atoms with Crippen LogP contribution in [-0.2, 0) is 0 Å². The second-order valence-electron chi connectivity index (χ2n) is 3.62. The van der Waals surface area contributed by atoms with Crippen LogP contribution >= 0.6 is 0 Å². The average Bonchev–Trinajstić information content (AvgIpc) is 2.45. The van der Waals surface area contributed by atoms with Crippen molar-refractivity contribution in [3.63, 3.8) is 0 Å². The van der Waals surface area contributed by atoms with Crippen molar-refractivity contribution in [1.82, 2.24) is 20.0 Å². The molecule has 0 unspecified atom stereocenters. The van der Waals surface area contributed by atoms with E-state index in [1.165, 1.54) is 0 Å². The van der Waals surface area contributed by atoms with Gasteiger partial charge in [0.1, 0.15) is 0 Å². The molecule has 0 aliphatic rings. The highest BCUT2D eigenvalue weighted by Crippen LogP contribution is 2.23. The summed E-state index contributed by atoms with van der Waals surface area (Å²) in [6, 6.07) is 0.266. The van der Waals surface area contributed by atoms with Gasteiger partial charge >= 0.3 is 0 Å². The molecular formula is C9H13N5. The summed E-state index contributed by atoms with van der Waals surface area (Å²) >= 11 is 0. The molecule has 0 spiro atoms. The van der Waals surface area contributed by atoms with E-state index >= 15 is 0 Å². The summed E-state index contributed by atoms with van der Waals surface area (Å²) in [6.07, 6.45) is 1.56. The van der Waals surface area contributed by atoms with Crippen molar-refractivity contribution < 1.29 is 0 Å². The number of nitrogen functional groups attached to an aromatic ring is 1. The van der Waals surface area contributed by atoms with Crippen molar-refractivity contribution in [2.24, 2.45) is 0 Å². The summed E-state index contributed by atoms with van der Waals surface area (Å²) < 4.78 is 1.84. The third-order valence-corrected chi connectivity index (χ3v) is 2.19. The van der Waals surface area contributed by atoms with E-state index in [1.807, 2.05) is 11.6 Å². The molecule has 2 N–H and O–H groups in total. The standard InChI is InChI=1S/C9H13N5/c1-5(2)14-9-8(6(3)13-14)7(10)4-11-12-9/h4-5H,1-3H3,(H2,10,12). The predicted molar refractivity (Wildman–Crippen MR) is 54.9 cm³/mol. The van der Waals surface area contributed by atoms with E-state index in [1.54, 1.807) is 6.20 Å².